The van der Waals surface area contributed by atoms with Gasteiger partial charge in [-0.15, -0.1) is 0 Å². The van der Waals surface area contributed by atoms with Crippen molar-refractivity contribution in [3.8, 4) is 0 Å². The van der Waals surface area contributed by atoms with E-state index >= 15 is 0 Å². The molecule has 4 nitrogen and oxygen atoms in total. The second kappa shape index (κ2) is 6.03. The minimum absolute atomic E-state index is 0.0146. The van der Waals surface area contributed by atoms with Crippen molar-refractivity contribution in [1.82, 2.24) is 4.90 Å². The van der Waals surface area contributed by atoms with E-state index in [9.17, 15) is 13.6 Å². The van der Waals surface area contributed by atoms with Gasteiger partial charge in [0.15, 0.2) is 0 Å². The summed E-state index contributed by atoms with van der Waals surface area (Å²) in [6, 6.07) is 0. The van der Waals surface area contributed by atoms with Gasteiger partial charge in [0.05, 0.1) is 0 Å². The highest BCUT2D eigenvalue weighted by Crippen LogP contribution is 2.35. The van der Waals surface area contributed by atoms with E-state index in [4.69, 9.17) is 10.5 Å². The van der Waals surface area contributed by atoms with Gasteiger partial charge in [0.1, 0.15) is 5.60 Å². The number of nitrogens with zero attached hydrogens (tertiary/aromatic N) is 1. The zero-order chi connectivity index (χ0) is 14.7. The van der Waals surface area contributed by atoms with E-state index in [1.165, 1.54) is 4.90 Å². The van der Waals surface area contributed by atoms with Crippen molar-refractivity contribution < 1.29 is 18.3 Å². The third kappa shape index (κ3) is 4.93. The lowest BCUT2D eigenvalue weighted by Crippen LogP contribution is -2.45. The van der Waals surface area contributed by atoms with Crippen molar-refractivity contribution in [1.29, 1.82) is 0 Å². The first-order valence-corrected chi connectivity index (χ1v) is 6.71. The molecule has 0 spiro atoms. The average molecular weight is 278 g/mol. The summed E-state index contributed by atoms with van der Waals surface area (Å²) in [6.07, 6.45) is -0.115. The topological polar surface area (TPSA) is 55.6 Å². The largest absolute Gasteiger partial charge is 0.444 e. The molecule has 1 amide bonds. The molecule has 0 unspecified atom stereocenters. The zero-order valence-corrected chi connectivity index (χ0v) is 11.9. The summed E-state index contributed by atoms with van der Waals surface area (Å²) in [5, 5.41) is 0. The summed E-state index contributed by atoms with van der Waals surface area (Å²) in [5.74, 6) is -3.41. The van der Waals surface area contributed by atoms with Crippen LogP contribution in [0.1, 0.15) is 40.0 Å². The van der Waals surface area contributed by atoms with Crippen LogP contribution in [0.2, 0.25) is 0 Å². The SMILES string of the molecule is CC(C)(C)OC(=O)N1CCC(C(F)(F)CCN)CC1. The van der Waals surface area contributed by atoms with Gasteiger partial charge in [-0.25, -0.2) is 13.6 Å². The molecule has 1 saturated heterocycles. The molecule has 1 aliphatic rings. The van der Waals surface area contributed by atoms with E-state index in [1.54, 1.807) is 20.8 Å². The smallest absolute Gasteiger partial charge is 0.410 e. The first-order chi connectivity index (χ1) is 8.65. The summed E-state index contributed by atoms with van der Waals surface area (Å²) in [7, 11) is 0. The molecule has 0 radical (unpaired) electrons. The summed E-state index contributed by atoms with van der Waals surface area (Å²) >= 11 is 0. The van der Waals surface area contributed by atoms with E-state index < -0.39 is 23.5 Å². The molecule has 0 aromatic carbocycles. The molecule has 6 heteroatoms. The number of rotatable bonds is 3. The molecule has 1 rings (SSSR count). The van der Waals surface area contributed by atoms with E-state index in [0.717, 1.165) is 0 Å². The molecule has 0 saturated carbocycles. The molecular weight excluding hydrogens is 254 g/mol. The number of carbonyl (C=O) groups excluding carboxylic acids is 1. The third-order valence-corrected chi connectivity index (χ3v) is 3.22. The normalized spacial score (nSPS) is 18.5. The molecule has 0 atom stereocenters. The van der Waals surface area contributed by atoms with Crippen LogP contribution in [0.25, 0.3) is 0 Å². The van der Waals surface area contributed by atoms with Crippen LogP contribution < -0.4 is 5.73 Å². The van der Waals surface area contributed by atoms with E-state index in [-0.39, 0.29) is 13.0 Å². The Labute approximate surface area is 113 Å². The third-order valence-electron chi connectivity index (χ3n) is 3.22. The number of halogens is 2. The Hall–Kier alpha value is -0.910. The van der Waals surface area contributed by atoms with Crippen molar-refractivity contribution >= 4 is 6.09 Å². The average Bonchev–Trinajstić information content (AvgIpc) is 2.27. The van der Waals surface area contributed by atoms with Gasteiger partial charge in [0.25, 0.3) is 5.92 Å². The second-order valence-electron chi connectivity index (χ2n) is 6.04. The highest BCUT2D eigenvalue weighted by atomic mass is 19.3. The molecular formula is C13H24F2N2O2. The van der Waals surface area contributed by atoms with Crippen LogP contribution in [0.5, 0.6) is 0 Å². The molecule has 1 aliphatic heterocycles. The van der Waals surface area contributed by atoms with Crippen LogP contribution in [0, 0.1) is 5.92 Å². The number of hydrogen-bond donors (Lipinski definition) is 1. The Morgan fingerprint density at radius 2 is 1.84 bits per heavy atom. The minimum atomic E-state index is -2.73. The minimum Gasteiger partial charge on any atom is -0.444 e. The molecule has 0 bridgehead atoms. The van der Waals surface area contributed by atoms with Crippen LogP contribution in [-0.2, 0) is 4.74 Å². The second-order valence-corrected chi connectivity index (χ2v) is 6.04. The maximum Gasteiger partial charge on any atom is 0.410 e. The maximum absolute atomic E-state index is 13.7. The van der Waals surface area contributed by atoms with E-state index in [1.807, 2.05) is 0 Å². The van der Waals surface area contributed by atoms with Gasteiger partial charge >= 0.3 is 6.09 Å². The summed E-state index contributed by atoms with van der Waals surface area (Å²) in [6.45, 7) is 5.98. The fourth-order valence-corrected chi connectivity index (χ4v) is 2.21. The molecule has 112 valence electrons. The number of alkyl halides is 2. The Bertz CT molecular complexity index is 308. The van der Waals surface area contributed by atoms with Crippen molar-refractivity contribution in [2.75, 3.05) is 19.6 Å². The first kappa shape index (κ1) is 16.1. The van der Waals surface area contributed by atoms with E-state index in [2.05, 4.69) is 0 Å². The predicted octanol–water partition coefficient (Wildman–Crippen LogP) is 2.62. The zero-order valence-electron chi connectivity index (χ0n) is 11.9. The predicted molar refractivity (Wildman–Crippen MR) is 69.1 cm³/mol. The van der Waals surface area contributed by atoms with Crippen molar-refractivity contribution in [2.45, 2.75) is 51.6 Å². The lowest BCUT2D eigenvalue weighted by Gasteiger charge is -2.36. The van der Waals surface area contributed by atoms with Gasteiger partial charge in [0, 0.05) is 25.4 Å². The Kier molecular flexibility index (Phi) is 5.12. The van der Waals surface area contributed by atoms with E-state index in [0.29, 0.717) is 25.9 Å². The van der Waals surface area contributed by atoms with Gasteiger partial charge in [-0.05, 0) is 40.2 Å². The molecule has 19 heavy (non-hydrogen) atoms. The summed E-state index contributed by atoms with van der Waals surface area (Å²) < 4.78 is 32.6. The van der Waals surface area contributed by atoms with Crippen LogP contribution in [0.15, 0.2) is 0 Å². The van der Waals surface area contributed by atoms with Crippen LogP contribution in [-0.4, -0.2) is 42.2 Å². The maximum atomic E-state index is 13.7. The Morgan fingerprint density at radius 3 is 2.26 bits per heavy atom. The number of carbonyl (C=O) groups is 1. The van der Waals surface area contributed by atoms with Gasteiger partial charge in [-0.1, -0.05) is 0 Å². The fraction of sp³-hybridized carbons (Fsp3) is 0.923. The van der Waals surface area contributed by atoms with Gasteiger partial charge in [-0.3, -0.25) is 0 Å². The van der Waals surface area contributed by atoms with Crippen molar-refractivity contribution in [3.05, 3.63) is 0 Å². The molecule has 0 aliphatic carbocycles. The fourth-order valence-electron chi connectivity index (χ4n) is 2.21. The monoisotopic (exact) mass is 278 g/mol. The summed E-state index contributed by atoms with van der Waals surface area (Å²) in [5.41, 5.74) is 4.64. The highest BCUT2D eigenvalue weighted by molar-refractivity contribution is 5.68. The van der Waals surface area contributed by atoms with Gasteiger partial charge in [0.2, 0.25) is 0 Å². The lowest BCUT2D eigenvalue weighted by atomic mass is 9.89. The Morgan fingerprint density at radius 1 is 1.32 bits per heavy atom. The molecule has 1 heterocycles. The quantitative estimate of drug-likeness (QED) is 0.863. The Balaban J connectivity index is 2.47. The molecule has 0 aromatic heterocycles. The molecule has 0 aromatic rings. The van der Waals surface area contributed by atoms with Crippen LogP contribution in [0.4, 0.5) is 13.6 Å². The lowest BCUT2D eigenvalue weighted by molar-refractivity contribution is -0.0834. The number of piperidine rings is 1. The number of hydrogen-bond acceptors (Lipinski definition) is 3. The number of ether oxygens (including phenoxy) is 1. The molecule has 2 N–H and O–H groups in total. The number of amides is 1. The number of nitrogens with two attached hydrogens (primary N) is 1. The van der Waals surface area contributed by atoms with Crippen molar-refractivity contribution in [3.63, 3.8) is 0 Å². The molecule has 1 fully saturated rings. The van der Waals surface area contributed by atoms with Crippen molar-refractivity contribution in [2.24, 2.45) is 11.7 Å². The van der Waals surface area contributed by atoms with Crippen LogP contribution >= 0.6 is 0 Å². The first-order valence-electron chi connectivity index (χ1n) is 6.71. The standard InChI is InChI=1S/C13H24F2N2O2/c1-12(2,3)19-11(18)17-8-4-10(5-9-17)13(14,15)6-7-16/h10H,4-9,16H2,1-3H3. The number of likely N-dealkylation sites (tertiary alicyclic amines) is 1. The van der Waals surface area contributed by atoms with Crippen LogP contribution in [0.3, 0.4) is 0 Å². The van der Waals surface area contributed by atoms with Gasteiger partial charge in [-0.2, -0.15) is 0 Å². The summed E-state index contributed by atoms with van der Waals surface area (Å²) in [4.78, 5) is 13.3. The highest BCUT2D eigenvalue weighted by Gasteiger charge is 2.41. The van der Waals surface area contributed by atoms with Gasteiger partial charge < -0.3 is 15.4 Å².